The maximum absolute atomic E-state index is 12.7. The van der Waals surface area contributed by atoms with E-state index in [-0.39, 0.29) is 6.10 Å². The summed E-state index contributed by atoms with van der Waals surface area (Å²) in [6.07, 6.45) is -0.386. The summed E-state index contributed by atoms with van der Waals surface area (Å²) >= 11 is 5.81. The number of benzene rings is 1. The van der Waals surface area contributed by atoms with Gasteiger partial charge in [0.1, 0.15) is 11.2 Å². The Labute approximate surface area is 104 Å². The molecule has 0 radical (unpaired) electrons. The maximum Gasteiger partial charge on any atom is 0.376 e. The number of esters is 1. The number of hydrogen-bond donors (Lipinski definition) is 0. The number of alkyl halides is 1. The summed E-state index contributed by atoms with van der Waals surface area (Å²) in [6.45, 7) is 3.26. The number of hydrogen-bond acceptors (Lipinski definition) is 3. The lowest BCUT2D eigenvalue weighted by Crippen LogP contribution is -2.24. The summed E-state index contributed by atoms with van der Waals surface area (Å²) in [5, 5.41) is -1.15. The smallest absolute Gasteiger partial charge is 0.376 e. The second-order valence-corrected chi connectivity index (χ2v) is 4.17. The highest BCUT2D eigenvalue weighted by Gasteiger charge is 2.26. The van der Waals surface area contributed by atoms with Crippen LogP contribution < -0.4 is 0 Å². The van der Waals surface area contributed by atoms with Crippen LogP contribution in [0.15, 0.2) is 24.3 Å². The number of ether oxygens (including phenoxy) is 1. The summed E-state index contributed by atoms with van der Waals surface area (Å²) in [7, 11) is 0. The van der Waals surface area contributed by atoms with Crippen LogP contribution in [0.3, 0.4) is 0 Å². The van der Waals surface area contributed by atoms with E-state index in [4.69, 9.17) is 16.3 Å². The number of carbonyl (C=O) groups is 2. The molecule has 0 fully saturated rings. The molecule has 0 aliphatic rings. The zero-order valence-electron chi connectivity index (χ0n) is 9.44. The average Bonchev–Trinajstić information content (AvgIpc) is 2.27. The summed E-state index contributed by atoms with van der Waals surface area (Å²) in [5.74, 6) is -2.27. The molecular weight excluding hydrogens is 247 g/mol. The summed E-state index contributed by atoms with van der Waals surface area (Å²) in [5.41, 5.74) is 0.360. The molecule has 0 bridgehead atoms. The van der Waals surface area contributed by atoms with Gasteiger partial charge in [-0.2, -0.15) is 0 Å². The predicted molar refractivity (Wildman–Crippen MR) is 61.2 cm³/mol. The van der Waals surface area contributed by atoms with Gasteiger partial charge in [0.15, 0.2) is 0 Å². The first-order valence-electron chi connectivity index (χ1n) is 5.06. The van der Waals surface area contributed by atoms with E-state index in [1.807, 2.05) is 0 Å². The minimum Gasteiger partial charge on any atom is -0.457 e. The van der Waals surface area contributed by atoms with Crippen LogP contribution in [0.2, 0.25) is 0 Å². The molecule has 0 aliphatic carbocycles. The number of halogens is 2. The predicted octanol–water partition coefficient (Wildman–Crippen LogP) is 2.63. The first-order chi connectivity index (χ1) is 7.91. The van der Waals surface area contributed by atoms with Crippen molar-refractivity contribution in [3.63, 3.8) is 0 Å². The Balaban J connectivity index is 2.76. The Morgan fingerprint density at radius 3 is 2.24 bits per heavy atom. The van der Waals surface area contributed by atoms with E-state index < -0.39 is 22.9 Å². The van der Waals surface area contributed by atoms with Crippen LogP contribution in [0, 0.1) is 5.82 Å². The fraction of sp³-hybridized carbons (Fsp3) is 0.333. The van der Waals surface area contributed by atoms with Gasteiger partial charge in [0.2, 0.25) is 0 Å². The fourth-order valence-corrected chi connectivity index (χ4v) is 1.39. The topological polar surface area (TPSA) is 43.4 Å². The lowest BCUT2D eigenvalue weighted by atomic mass is 10.1. The van der Waals surface area contributed by atoms with Crippen molar-refractivity contribution in [2.24, 2.45) is 0 Å². The lowest BCUT2D eigenvalue weighted by molar-refractivity contribution is -0.156. The Morgan fingerprint density at radius 1 is 1.24 bits per heavy atom. The normalized spacial score (nSPS) is 12.3. The van der Waals surface area contributed by atoms with Crippen molar-refractivity contribution in [1.29, 1.82) is 0 Å². The molecule has 1 rings (SSSR count). The van der Waals surface area contributed by atoms with Crippen LogP contribution in [0.25, 0.3) is 0 Å². The minimum atomic E-state index is -1.15. The standard InChI is InChI=1S/C12H12ClFO3/c1-7(2)17-12(16)11(15)10(13)8-3-5-9(14)6-4-8/h3-7,10H,1-2H3. The van der Waals surface area contributed by atoms with Crippen molar-refractivity contribution < 1.29 is 18.7 Å². The van der Waals surface area contributed by atoms with Gasteiger partial charge in [0, 0.05) is 0 Å². The van der Waals surface area contributed by atoms with Gasteiger partial charge in [-0.1, -0.05) is 12.1 Å². The average molecular weight is 259 g/mol. The molecule has 0 aliphatic heterocycles. The maximum atomic E-state index is 12.7. The van der Waals surface area contributed by atoms with Gasteiger partial charge < -0.3 is 4.74 Å². The molecule has 0 heterocycles. The van der Waals surface area contributed by atoms with E-state index in [9.17, 15) is 14.0 Å². The highest BCUT2D eigenvalue weighted by molar-refractivity contribution is 6.47. The van der Waals surface area contributed by atoms with Crippen molar-refractivity contribution in [3.8, 4) is 0 Å². The largest absolute Gasteiger partial charge is 0.457 e. The van der Waals surface area contributed by atoms with E-state index in [2.05, 4.69) is 0 Å². The van der Waals surface area contributed by atoms with Gasteiger partial charge in [-0.3, -0.25) is 4.79 Å². The Kier molecular flexibility index (Phi) is 4.63. The van der Waals surface area contributed by atoms with E-state index in [1.165, 1.54) is 24.3 Å². The Bertz CT molecular complexity index is 414. The van der Waals surface area contributed by atoms with Crippen molar-refractivity contribution >= 4 is 23.4 Å². The van der Waals surface area contributed by atoms with Gasteiger partial charge in [0.05, 0.1) is 6.10 Å². The minimum absolute atomic E-state index is 0.360. The monoisotopic (exact) mass is 258 g/mol. The molecular formula is C12H12ClFO3. The van der Waals surface area contributed by atoms with Crippen molar-refractivity contribution in [2.75, 3.05) is 0 Å². The van der Waals surface area contributed by atoms with Crippen LogP contribution in [-0.2, 0) is 14.3 Å². The van der Waals surface area contributed by atoms with Gasteiger partial charge in [-0.05, 0) is 31.5 Å². The molecule has 0 amide bonds. The molecule has 92 valence electrons. The zero-order valence-corrected chi connectivity index (χ0v) is 10.2. The van der Waals surface area contributed by atoms with Gasteiger partial charge >= 0.3 is 5.97 Å². The molecule has 1 aromatic carbocycles. The van der Waals surface area contributed by atoms with Gasteiger partial charge in [-0.25, -0.2) is 9.18 Å². The highest BCUT2D eigenvalue weighted by atomic mass is 35.5. The number of Topliss-reactive ketones (excluding diaryl/α,β-unsaturated/α-hetero) is 1. The third kappa shape index (κ3) is 3.82. The molecule has 0 N–H and O–H groups in total. The van der Waals surface area contributed by atoms with Crippen LogP contribution in [0.5, 0.6) is 0 Å². The number of carbonyl (C=O) groups excluding carboxylic acids is 2. The van der Waals surface area contributed by atoms with Gasteiger partial charge in [0.25, 0.3) is 5.78 Å². The van der Waals surface area contributed by atoms with Crippen LogP contribution >= 0.6 is 11.6 Å². The molecule has 1 unspecified atom stereocenters. The third-order valence-corrected chi connectivity index (χ3v) is 2.39. The van der Waals surface area contributed by atoms with Crippen LogP contribution in [-0.4, -0.2) is 17.9 Å². The summed E-state index contributed by atoms with van der Waals surface area (Å²) < 4.78 is 17.4. The first-order valence-corrected chi connectivity index (χ1v) is 5.50. The summed E-state index contributed by atoms with van der Waals surface area (Å²) in [6, 6.07) is 5.05. The second-order valence-electron chi connectivity index (χ2n) is 3.73. The van der Waals surface area contributed by atoms with Crippen molar-refractivity contribution in [3.05, 3.63) is 35.6 Å². The molecule has 0 saturated heterocycles. The highest BCUT2D eigenvalue weighted by Crippen LogP contribution is 2.22. The molecule has 0 spiro atoms. The van der Waals surface area contributed by atoms with E-state index in [0.717, 1.165) is 0 Å². The van der Waals surface area contributed by atoms with Crippen LogP contribution in [0.1, 0.15) is 24.8 Å². The molecule has 0 saturated carbocycles. The van der Waals surface area contributed by atoms with Crippen molar-refractivity contribution in [1.82, 2.24) is 0 Å². The fourth-order valence-electron chi connectivity index (χ4n) is 1.16. The third-order valence-electron chi connectivity index (χ3n) is 1.94. The molecule has 0 aromatic heterocycles. The molecule has 17 heavy (non-hydrogen) atoms. The SMILES string of the molecule is CC(C)OC(=O)C(=O)C(Cl)c1ccc(F)cc1. The Morgan fingerprint density at radius 2 is 1.76 bits per heavy atom. The van der Waals surface area contributed by atoms with E-state index in [0.29, 0.717) is 5.56 Å². The first kappa shape index (κ1) is 13.6. The number of rotatable bonds is 4. The molecule has 5 heteroatoms. The number of ketones is 1. The Hall–Kier alpha value is -1.42. The molecule has 1 aromatic rings. The lowest BCUT2D eigenvalue weighted by Gasteiger charge is -2.10. The van der Waals surface area contributed by atoms with E-state index in [1.54, 1.807) is 13.8 Å². The molecule has 3 nitrogen and oxygen atoms in total. The van der Waals surface area contributed by atoms with Crippen molar-refractivity contribution in [2.45, 2.75) is 25.3 Å². The van der Waals surface area contributed by atoms with Crippen LogP contribution in [0.4, 0.5) is 4.39 Å². The zero-order chi connectivity index (χ0) is 13.0. The van der Waals surface area contributed by atoms with E-state index >= 15 is 0 Å². The quantitative estimate of drug-likeness (QED) is 0.474. The second kappa shape index (κ2) is 5.77. The van der Waals surface area contributed by atoms with Gasteiger partial charge in [-0.15, -0.1) is 11.6 Å². The molecule has 1 atom stereocenters. The summed E-state index contributed by atoms with van der Waals surface area (Å²) in [4.78, 5) is 22.9.